The fourth-order valence-electron chi connectivity index (χ4n) is 2.97. The Labute approximate surface area is 145 Å². The van der Waals surface area contributed by atoms with Crippen molar-refractivity contribution >= 4 is 11.6 Å². The number of nitrogens with one attached hydrogen (secondary N) is 1. The first-order valence-corrected chi connectivity index (χ1v) is 8.32. The van der Waals surface area contributed by atoms with E-state index in [0.29, 0.717) is 0 Å². The van der Waals surface area contributed by atoms with Gasteiger partial charge in [-0.05, 0) is 82.3 Å². The zero-order valence-corrected chi connectivity index (χ0v) is 15.7. The minimum Gasteiger partial charge on any atom is -0.481 e. The topological polar surface area (TPSA) is 38.3 Å². The molecule has 0 saturated heterocycles. The highest BCUT2D eigenvalue weighted by atomic mass is 16.5. The third-order valence-electron chi connectivity index (χ3n) is 4.36. The lowest BCUT2D eigenvalue weighted by Crippen LogP contribution is -2.31. The number of ether oxygens (including phenoxy) is 1. The van der Waals surface area contributed by atoms with Crippen LogP contribution in [0.25, 0.3) is 0 Å². The number of carbonyl (C=O) groups is 1. The molecule has 1 N–H and O–H groups in total. The highest BCUT2D eigenvalue weighted by molar-refractivity contribution is 5.95. The highest BCUT2D eigenvalue weighted by Crippen LogP contribution is 2.25. The Morgan fingerprint density at radius 2 is 1.38 bits per heavy atom. The van der Waals surface area contributed by atoms with Crippen molar-refractivity contribution in [3.63, 3.8) is 0 Å². The molecule has 0 heterocycles. The average molecular weight is 325 g/mol. The molecule has 0 radical (unpaired) electrons. The summed E-state index contributed by atoms with van der Waals surface area (Å²) in [4.78, 5) is 12.6. The molecule has 0 bridgehead atoms. The van der Waals surface area contributed by atoms with E-state index in [1.165, 1.54) is 11.1 Å². The fraction of sp³-hybridized carbons (Fsp3) is 0.381. The number of rotatable bonds is 4. The average Bonchev–Trinajstić information content (AvgIpc) is 2.47. The molecule has 24 heavy (non-hydrogen) atoms. The molecule has 0 fully saturated rings. The van der Waals surface area contributed by atoms with E-state index < -0.39 is 6.10 Å². The number of carbonyl (C=O) groups excluding carboxylic acids is 1. The van der Waals surface area contributed by atoms with Gasteiger partial charge in [0, 0.05) is 5.69 Å². The minimum atomic E-state index is -0.565. The first-order chi connectivity index (χ1) is 11.2. The second-order valence-corrected chi connectivity index (χ2v) is 6.73. The summed E-state index contributed by atoms with van der Waals surface area (Å²) in [5.74, 6) is 0.635. The lowest BCUT2D eigenvalue weighted by molar-refractivity contribution is -0.122. The van der Waals surface area contributed by atoms with Gasteiger partial charge in [-0.25, -0.2) is 0 Å². The van der Waals surface area contributed by atoms with E-state index in [1.54, 1.807) is 6.92 Å². The van der Waals surface area contributed by atoms with Crippen molar-refractivity contribution in [2.24, 2.45) is 0 Å². The summed E-state index contributed by atoms with van der Waals surface area (Å²) in [6.07, 6.45) is -0.565. The molecule has 3 heteroatoms. The molecule has 0 spiro atoms. The monoisotopic (exact) mass is 325 g/mol. The van der Waals surface area contributed by atoms with E-state index in [0.717, 1.165) is 33.7 Å². The molecule has 0 aliphatic heterocycles. The summed E-state index contributed by atoms with van der Waals surface area (Å²) < 4.78 is 5.93. The van der Waals surface area contributed by atoms with E-state index in [1.807, 2.05) is 33.8 Å². The molecular weight excluding hydrogens is 298 g/mol. The van der Waals surface area contributed by atoms with Gasteiger partial charge in [-0.15, -0.1) is 0 Å². The van der Waals surface area contributed by atoms with E-state index in [-0.39, 0.29) is 5.91 Å². The zero-order valence-electron chi connectivity index (χ0n) is 15.7. The molecule has 0 aliphatic rings. The highest BCUT2D eigenvalue weighted by Gasteiger charge is 2.18. The number of anilines is 1. The fourth-order valence-corrected chi connectivity index (χ4v) is 2.97. The van der Waals surface area contributed by atoms with Crippen LogP contribution < -0.4 is 10.1 Å². The molecule has 3 nitrogen and oxygen atoms in total. The van der Waals surface area contributed by atoms with Gasteiger partial charge in [0.25, 0.3) is 5.91 Å². The molecule has 1 amide bonds. The van der Waals surface area contributed by atoms with E-state index in [4.69, 9.17) is 4.74 Å². The van der Waals surface area contributed by atoms with Crippen LogP contribution in [0, 0.1) is 41.5 Å². The Balaban J connectivity index is 2.17. The quantitative estimate of drug-likeness (QED) is 0.864. The standard InChI is InChI=1S/C21H27NO2/c1-12-9-15(4)20(16(5)10-12)22-21(23)18(7)24-19-11-13(2)8-14(3)17(19)6/h8-11,18H,1-7H3,(H,22,23)/t18-/m0/s1. The molecular formula is C21H27NO2. The van der Waals surface area contributed by atoms with E-state index >= 15 is 0 Å². The Bertz CT molecular complexity index is 755. The minimum absolute atomic E-state index is 0.136. The van der Waals surface area contributed by atoms with Gasteiger partial charge in [-0.1, -0.05) is 23.8 Å². The van der Waals surface area contributed by atoms with Gasteiger partial charge in [0.05, 0.1) is 0 Å². The summed E-state index contributed by atoms with van der Waals surface area (Å²) in [5.41, 5.74) is 7.57. The SMILES string of the molecule is Cc1cc(C)c(NC(=O)[C@H](C)Oc2cc(C)cc(C)c2C)c(C)c1. The maximum Gasteiger partial charge on any atom is 0.265 e. The van der Waals surface area contributed by atoms with Crippen molar-refractivity contribution in [1.82, 2.24) is 0 Å². The molecule has 2 rings (SSSR count). The van der Waals surface area contributed by atoms with E-state index in [2.05, 4.69) is 37.4 Å². The smallest absolute Gasteiger partial charge is 0.265 e. The summed E-state index contributed by atoms with van der Waals surface area (Å²) >= 11 is 0. The van der Waals surface area contributed by atoms with Gasteiger partial charge >= 0.3 is 0 Å². The maximum absolute atomic E-state index is 12.6. The van der Waals surface area contributed by atoms with Gasteiger partial charge in [0.2, 0.25) is 0 Å². The first kappa shape index (κ1) is 18.1. The van der Waals surface area contributed by atoms with Crippen LogP contribution >= 0.6 is 0 Å². The second-order valence-electron chi connectivity index (χ2n) is 6.73. The van der Waals surface area contributed by atoms with Crippen LogP contribution in [0.5, 0.6) is 5.75 Å². The lowest BCUT2D eigenvalue weighted by Gasteiger charge is -2.19. The van der Waals surface area contributed by atoms with Crippen LogP contribution in [0.15, 0.2) is 24.3 Å². The van der Waals surface area contributed by atoms with Crippen LogP contribution in [0.4, 0.5) is 5.69 Å². The maximum atomic E-state index is 12.6. The third-order valence-corrected chi connectivity index (χ3v) is 4.36. The van der Waals surface area contributed by atoms with E-state index in [9.17, 15) is 4.79 Å². The summed E-state index contributed by atoms with van der Waals surface area (Å²) in [5, 5.41) is 3.01. The Hall–Kier alpha value is -2.29. The molecule has 2 aromatic rings. The normalized spacial score (nSPS) is 12.0. The molecule has 128 valence electrons. The molecule has 0 aromatic heterocycles. The van der Waals surface area contributed by atoms with Crippen molar-refractivity contribution in [2.75, 3.05) is 5.32 Å². The largest absolute Gasteiger partial charge is 0.481 e. The van der Waals surface area contributed by atoms with Gasteiger partial charge < -0.3 is 10.1 Å². The van der Waals surface area contributed by atoms with Crippen LogP contribution in [-0.4, -0.2) is 12.0 Å². The van der Waals surface area contributed by atoms with Gasteiger partial charge in [-0.3, -0.25) is 4.79 Å². The van der Waals surface area contributed by atoms with Crippen LogP contribution in [0.3, 0.4) is 0 Å². The summed E-state index contributed by atoms with van der Waals surface area (Å²) in [6.45, 7) is 14.0. The molecule has 0 aliphatic carbocycles. The van der Waals surface area contributed by atoms with Crippen LogP contribution in [0.1, 0.15) is 40.3 Å². The number of amides is 1. The van der Waals surface area contributed by atoms with Gasteiger partial charge in [0.1, 0.15) is 5.75 Å². The summed E-state index contributed by atoms with van der Waals surface area (Å²) in [6, 6.07) is 8.24. The van der Waals surface area contributed by atoms with Crippen LogP contribution in [-0.2, 0) is 4.79 Å². The van der Waals surface area contributed by atoms with Crippen molar-refractivity contribution < 1.29 is 9.53 Å². The molecule has 0 saturated carbocycles. The van der Waals surface area contributed by atoms with Crippen molar-refractivity contribution in [3.8, 4) is 5.75 Å². The zero-order chi connectivity index (χ0) is 18.0. The number of hydrogen-bond acceptors (Lipinski definition) is 2. The van der Waals surface area contributed by atoms with Crippen molar-refractivity contribution in [1.29, 1.82) is 0 Å². The second kappa shape index (κ2) is 7.08. The Kier molecular flexibility index (Phi) is 5.33. The Morgan fingerprint density at radius 1 is 0.875 bits per heavy atom. The lowest BCUT2D eigenvalue weighted by atomic mass is 10.0. The Morgan fingerprint density at radius 3 is 1.96 bits per heavy atom. The molecule has 1 atom stereocenters. The molecule has 0 unspecified atom stereocenters. The predicted molar refractivity (Wildman–Crippen MR) is 100 cm³/mol. The van der Waals surface area contributed by atoms with Gasteiger partial charge in [0.15, 0.2) is 6.10 Å². The third kappa shape index (κ3) is 3.97. The van der Waals surface area contributed by atoms with Crippen molar-refractivity contribution in [2.45, 2.75) is 54.6 Å². The summed E-state index contributed by atoms with van der Waals surface area (Å²) in [7, 11) is 0. The number of benzene rings is 2. The first-order valence-electron chi connectivity index (χ1n) is 8.32. The van der Waals surface area contributed by atoms with Gasteiger partial charge in [-0.2, -0.15) is 0 Å². The van der Waals surface area contributed by atoms with Crippen molar-refractivity contribution in [3.05, 3.63) is 57.6 Å². The molecule has 2 aromatic carbocycles. The van der Waals surface area contributed by atoms with Crippen LogP contribution in [0.2, 0.25) is 0 Å². The predicted octanol–water partition coefficient (Wildman–Crippen LogP) is 4.94. The number of hydrogen-bond donors (Lipinski definition) is 1. The number of aryl methyl sites for hydroxylation is 5.